The molecule has 8 nitrogen and oxygen atoms in total. The Balaban J connectivity index is 2.15. The molecular weight excluding hydrogens is 424 g/mol. The van der Waals surface area contributed by atoms with Crippen LogP contribution in [0, 0.1) is 12.8 Å². The van der Waals surface area contributed by atoms with Crippen molar-refractivity contribution in [3.8, 4) is 5.69 Å². The maximum absolute atomic E-state index is 13.7. The number of esters is 1. The minimum atomic E-state index is -0.757. The summed E-state index contributed by atoms with van der Waals surface area (Å²) in [4.78, 5) is 26.3. The van der Waals surface area contributed by atoms with E-state index < -0.39 is 18.2 Å². The molecule has 3 atom stereocenters. The van der Waals surface area contributed by atoms with Crippen LogP contribution in [0.25, 0.3) is 5.69 Å². The van der Waals surface area contributed by atoms with Crippen LogP contribution in [0.15, 0.2) is 59.6 Å². The summed E-state index contributed by atoms with van der Waals surface area (Å²) in [5.41, 5.74) is 1.91. The van der Waals surface area contributed by atoms with Crippen molar-refractivity contribution in [1.29, 1.82) is 0 Å². The Morgan fingerprint density at radius 3 is 2.67 bits per heavy atom. The number of aromatic nitrogens is 2. The van der Waals surface area contributed by atoms with Gasteiger partial charge in [-0.25, -0.2) is 9.48 Å². The van der Waals surface area contributed by atoms with E-state index in [0.29, 0.717) is 25.0 Å². The molecule has 8 heteroatoms. The highest BCUT2D eigenvalue weighted by atomic mass is 16.7. The molecule has 1 aliphatic heterocycles. The highest BCUT2D eigenvalue weighted by Gasteiger charge is 2.41. The quantitative estimate of drug-likeness (QED) is 0.437. The molecule has 1 aromatic carbocycles. The van der Waals surface area contributed by atoms with Crippen LogP contribution in [0.4, 0.5) is 0 Å². The van der Waals surface area contributed by atoms with Gasteiger partial charge in [-0.05, 0) is 44.9 Å². The lowest BCUT2D eigenvalue weighted by Crippen LogP contribution is -2.38. The van der Waals surface area contributed by atoms with Crippen LogP contribution in [0.1, 0.15) is 36.9 Å². The number of carbonyl (C=O) groups excluding carboxylic acids is 1. The monoisotopic (exact) mass is 456 g/mol. The Bertz CT molecular complexity index is 1050. The molecule has 3 rings (SSSR count). The van der Waals surface area contributed by atoms with Crippen LogP contribution in [0.3, 0.4) is 0 Å². The second kappa shape index (κ2) is 11.2. The Labute approximate surface area is 193 Å². The van der Waals surface area contributed by atoms with Crippen LogP contribution in [-0.2, 0) is 26.1 Å². The Morgan fingerprint density at radius 2 is 2.03 bits per heavy atom. The van der Waals surface area contributed by atoms with Gasteiger partial charge in [0.2, 0.25) is 12.0 Å². The smallest absolute Gasteiger partial charge is 0.373 e. The first-order valence-corrected chi connectivity index (χ1v) is 11.2. The summed E-state index contributed by atoms with van der Waals surface area (Å²) in [6, 6.07) is 9.39. The van der Waals surface area contributed by atoms with Crippen molar-refractivity contribution >= 4 is 5.97 Å². The van der Waals surface area contributed by atoms with E-state index in [1.807, 2.05) is 55.9 Å². The fourth-order valence-electron chi connectivity index (χ4n) is 4.26. The molecule has 0 unspecified atom stereocenters. The first-order valence-electron chi connectivity index (χ1n) is 11.2. The number of carbonyl (C=O) groups is 1. The summed E-state index contributed by atoms with van der Waals surface area (Å²) >= 11 is 0. The predicted octanol–water partition coefficient (Wildman–Crippen LogP) is 2.96. The molecule has 2 aromatic rings. The van der Waals surface area contributed by atoms with E-state index >= 15 is 0 Å². The third-order valence-electron chi connectivity index (χ3n) is 5.88. The Hall–Kier alpha value is -3.10. The lowest BCUT2D eigenvalue weighted by atomic mass is 9.80. The lowest BCUT2D eigenvalue weighted by Gasteiger charge is -2.36. The van der Waals surface area contributed by atoms with Crippen molar-refractivity contribution < 1.29 is 24.1 Å². The van der Waals surface area contributed by atoms with Gasteiger partial charge in [-0.15, -0.1) is 0 Å². The van der Waals surface area contributed by atoms with Crippen LogP contribution in [0.2, 0.25) is 0 Å². The zero-order valence-corrected chi connectivity index (χ0v) is 19.4. The Kier molecular flexibility index (Phi) is 8.30. The van der Waals surface area contributed by atoms with Crippen LogP contribution >= 0.6 is 0 Å². The molecule has 1 aliphatic rings. The average molecular weight is 457 g/mol. The molecule has 0 spiro atoms. The number of allylic oxidation sites excluding steroid dienone is 1. The zero-order chi connectivity index (χ0) is 24.0. The van der Waals surface area contributed by atoms with Gasteiger partial charge >= 0.3 is 5.97 Å². The molecule has 33 heavy (non-hydrogen) atoms. The summed E-state index contributed by atoms with van der Waals surface area (Å²) in [7, 11) is 1.83. The van der Waals surface area contributed by atoms with Gasteiger partial charge in [0.15, 0.2) is 0 Å². The van der Waals surface area contributed by atoms with E-state index in [1.54, 1.807) is 10.8 Å². The van der Waals surface area contributed by atoms with Gasteiger partial charge in [0.05, 0.1) is 5.69 Å². The number of nitrogens with zero attached hydrogens (tertiary/aromatic N) is 2. The standard InChI is InChI=1S/C25H32N2O6/c1-5-15-32-24(30)21-16-20(19(13-10-14-28)25(33-21)31-6-2)22-17(3)26(4)27(23(22)29)18-11-8-7-9-12-18/h5,7-9,11-12,16,19-20,25,28H,1,6,10,13-15H2,2-4H3/t19-,20+,25-/m0/s1. The number of benzene rings is 1. The minimum Gasteiger partial charge on any atom is -0.457 e. The first-order chi connectivity index (χ1) is 15.9. The molecule has 0 bridgehead atoms. The molecule has 178 valence electrons. The van der Waals surface area contributed by atoms with Crippen molar-refractivity contribution in [2.24, 2.45) is 13.0 Å². The van der Waals surface area contributed by atoms with Crippen molar-refractivity contribution in [1.82, 2.24) is 9.36 Å². The normalized spacial score (nSPS) is 20.1. The van der Waals surface area contributed by atoms with E-state index in [9.17, 15) is 14.7 Å². The minimum absolute atomic E-state index is 0.00202. The molecule has 0 saturated carbocycles. The first kappa shape index (κ1) is 24.5. The van der Waals surface area contributed by atoms with Gasteiger partial charge in [0.25, 0.3) is 5.56 Å². The fraction of sp³-hybridized carbons (Fsp3) is 0.440. The topological polar surface area (TPSA) is 91.9 Å². The predicted molar refractivity (Wildman–Crippen MR) is 124 cm³/mol. The average Bonchev–Trinajstić information content (AvgIpc) is 3.04. The van der Waals surface area contributed by atoms with Crippen molar-refractivity contribution in [2.75, 3.05) is 19.8 Å². The van der Waals surface area contributed by atoms with Crippen LogP contribution in [0.5, 0.6) is 0 Å². The summed E-state index contributed by atoms with van der Waals surface area (Å²) < 4.78 is 20.3. The number of hydrogen-bond acceptors (Lipinski definition) is 6. The summed E-state index contributed by atoms with van der Waals surface area (Å²) in [6.45, 7) is 7.70. The third kappa shape index (κ3) is 5.12. The Morgan fingerprint density at radius 1 is 1.30 bits per heavy atom. The van der Waals surface area contributed by atoms with Crippen LogP contribution in [-0.4, -0.2) is 46.6 Å². The molecule has 0 saturated heterocycles. The summed E-state index contributed by atoms with van der Waals surface area (Å²) in [6.07, 6.45) is 3.44. The molecular formula is C25H32N2O6. The number of para-hydroxylation sites is 1. The van der Waals surface area contributed by atoms with E-state index in [2.05, 4.69) is 6.58 Å². The van der Waals surface area contributed by atoms with Crippen LogP contribution < -0.4 is 5.56 Å². The van der Waals surface area contributed by atoms with Gasteiger partial charge < -0.3 is 19.3 Å². The second-order valence-corrected chi connectivity index (χ2v) is 7.89. The SMILES string of the molecule is C=CCOC(=O)C1=C[C@@H](c2c(C)n(C)n(-c3ccccc3)c2=O)[C@H](CCCO)[C@@H](OCC)O1. The molecule has 1 N–H and O–H groups in total. The number of aliphatic hydroxyl groups is 1. The molecule has 1 aromatic heterocycles. The maximum Gasteiger partial charge on any atom is 0.373 e. The van der Waals surface area contributed by atoms with Crippen molar-refractivity contribution in [2.45, 2.75) is 38.9 Å². The molecule has 0 radical (unpaired) electrons. The van der Waals surface area contributed by atoms with E-state index in [-0.39, 0.29) is 30.5 Å². The number of aliphatic hydroxyl groups excluding tert-OH is 1. The zero-order valence-electron chi connectivity index (χ0n) is 19.4. The lowest BCUT2D eigenvalue weighted by molar-refractivity contribution is -0.175. The second-order valence-electron chi connectivity index (χ2n) is 7.89. The number of hydrogen-bond donors (Lipinski definition) is 1. The van der Waals surface area contributed by atoms with Crippen molar-refractivity contribution in [3.05, 3.63) is 76.4 Å². The van der Waals surface area contributed by atoms with E-state index in [0.717, 1.165) is 11.4 Å². The van der Waals surface area contributed by atoms with Gasteiger partial charge in [0.1, 0.15) is 6.61 Å². The third-order valence-corrected chi connectivity index (χ3v) is 5.88. The number of ether oxygens (including phenoxy) is 3. The van der Waals surface area contributed by atoms with Gasteiger partial charge in [-0.2, -0.15) is 0 Å². The highest BCUT2D eigenvalue weighted by Crippen LogP contribution is 2.39. The van der Waals surface area contributed by atoms with Crippen molar-refractivity contribution in [3.63, 3.8) is 0 Å². The summed E-state index contributed by atoms with van der Waals surface area (Å²) in [5.74, 6) is -1.36. The molecule has 2 heterocycles. The summed E-state index contributed by atoms with van der Waals surface area (Å²) in [5, 5.41) is 9.46. The fourth-order valence-corrected chi connectivity index (χ4v) is 4.26. The molecule has 0 fully saturated rings. The van der Waals surface area contributed by atoms with E-state index in [1.165, 1.54) is 6.08 Å². The van der Waals surface area contributed by atoms with Gasteiger partial charge in [-0.1, -0.05) is 30.9 Å². The van der Waals surface area contributed by atoms with E-state index in [4.69, 9.17) is 14.2 Å². The number of rotatable bonds is 10. The van der Waals surface area contributed by atoms with Gasteiger partial charge in [0, 0.05) is 43.4 Å². The highest BCUT2D eigenvalue weighted by molar-refractivity contribution is 5.86. The molecule has 0 amide bonds. The largest absolute Gasteiger partial charge is 0.457 e. The maximum atomic E-state index is 13.7. The molecule has 0 aliphatic carbocycles. The van der Waals surface area contributed by atoms with Gasteiger partial charge in [-0.3, -0.25) is 9.48 Å².